The highest BCUT2D eigenvalue weighted by Crippen LogP contribution is 2.26. The minimum absolute atomic E-state index is 0.445. The lowest BCUT2D eigenvalue weighted by atomic mass is 10.2. The number of benzene rings is 2. The van der Waals surface area contributed by atoms with Gasteiger partial charge in [0, 0.05) is 21.1 Å². The summed E-state index contributed by atoms with van der Waals surface area (Å²) < 4.78 is 6.91. The molecule has 0 spiro atoms. The number of rotatable bonds is 5. The molecule has 2 aromatic carbocycles. The second-order valence-electron chi connectivity index (χ2n) is 5.31. The SMILES string of the molecule is CCC(O)c1cc2cc(OCc3ccc(Br)cc3)ccc2[nH]1. The fourth-order valence-electron chi connectivity index (χ4n) is 2.37. The Labute approximate surface area is 138 Å². The van der Waals surface area contributed by atoms with E-state index in [2.05, 4.69) is 20.9 Å². The van der Waals surface area contributed by atoms with Gasteiger partial charge in [-0.1, -0.05) is 35.0 Å². The molecule has 114 valence electrons. The highest BCUT2D eigenvalue weighted by molar-refractivity contribution is 9.10. The van der Waals surface area contributed by atoms with Crippen LogP contribution in [0.3, 0.4) is 0 Å². The zero-order valence-corrected chi connectivity index (χ0v) is 13.9. The van der Waals surface area contributed by atoms with Gasteiger partial charge in [-0.15, -0.1) is 0 Å². The molecule has 0 aliphatic rings. The number of aromatic nitrogens is 1. The molecule has 2 N–H and O–H groups in total. The Bertz CT molecular complexity index is 764. The summed E-state index contributed by atoms with van der Waals surface area (Å²) in [5.41, 5.74) is 2.99. The van der Waals surface area contributed by atoms with Crippen LogP contribution in [0, 0.1) is 0 Å². The molecular weight excluding hydrogens is 342 g/mol. The Balaban J connectivity index is 1.75. The molecule has 1 atom stereocenters. The van der Waals surface area contributed by atoms with E-state index in [1.165, 1.54) is 0 Å². The lowest BCUT2D eigenvalue weighted by Gasteiger charge is -2.06. The lowest BCUT2D eigenvalue weighted by molar-refractivity contribution is 0.170. The van der Waals surface area contributed by atoms with E-state index in [1.54, 1.807) is 0 Å². The van der Waals surface area contributed by atoms with Gasteiger partial charge in [-0.2, -0.15) is 0 Å². The minimum Gasteiger partial charge on any atom is -0.489 e. The fraction of sp³-hybridized carbons (Fsp3) is 0.222. The molecule has 1 aromatic heterocycles. The molecule has 22 heavy (non-hydrogen) atoms. The molecule has 3 nitrogen and oxygen atoms in total. The summed E-state index contributed by atoms with van der Waals surface area (Å²) in [6.07, 6.45) is 0.249. The van der Waals surface area contributed by atoms with Crippen LogP contribution in [-0.4, -0.2) is 10.1 Å². The Kier molecular flexibility index (Phi) is 4.50. The van der Waals surface area contributed by atoms with E-state index in [0.717, 1.165) is 32.4 Å². The van der Waals surface area contributed by atoms with Crippen molar-refractivity contribution in [3.05, 3.63) is 64.3 Å². The topological polar surface area (TPSA) is 45.2 Å². The summed E-state index contributed by atoms with van der Waals surface area (Å²) in [4.78, 5) is 3.24. The second kappa shape index (κ2) is 6.55. The lowest BCUT2D eigenvalue weighted by Crippen LogP contribution is -1.94. The molecule has 0 saturated carbocycles. The van der Waals surface area contributed by atoms with Gasteiger partial charge < -0.3 is 14.8 Å². The van der Waals surface area contributed by atoms with Gasteiger partial charge in [0.25, 0.3) is 0 Å². The molecule has 0 radical (unpaired) electrons. The van der Waals surface area contributed by atoms with Crippen LogP contribution in [0.2, 0.25) is 0 Å². The molecule has 0 saturated heterocycles. The van der Waals surface area contributed by atoms with Gasteiger partial charge in [0.1, 0.15) is 12.4 Å². The van der Waals surface area contributed by atoms with E-state index in [1.807, 2.05) is 55.5 Å². The van der Waals surface area contributed by atoms with Gasteiger partial charge >= 0.3 is 0 Å². The van der Waals surface area contributed by atoms with E-state index < -0.39 is 6.10 Å². The number of halogens is 1. The zero-order valence-electron chi connectivity index (χ0n) is 12.3. The smallest absolute Gasteiger partial charge is 0.120 e. The molecule has 3 rings (SSSR count). The maximum atomic E-state index is 9.91. The number of H-pyrrole nitrogens is 1. The Hall–Kier alpha value is -1.78. The van der Waals surface area contributed by atoms with Crippen LogP contribution < -0.4 is 4.74 Å². The minimum atomic E-state index is -0.445. The van der Waals surface area contributed by atoms with Crippen molar-refractivity contribution in [2.75, 3.05) is 0 Å². The van der Waals surface area contributed by atoms with Crippen LogP contribution in [0.1, 0.15) is 30.7 Å². The first-order chi connectivity index (χ1) is 10.7. The monoisotopic (exact) mass is 359 g/mol. The van der Waals surface area contributed by atoms with Crippen molar-refractivity contribution < 1.29 is 9.84 Å². The Morgan fingerprint density at radius 2 is 1.91 bits per heavy atom. The first-order valence-corrected chi connectivity index (χ1v) is 8.13. The van der Waals surface area contributed by atoms with Gasteiger partial charge in [0.2, 0.25) is 0 Å². The molecule has 0 aliphatic heterocycles. The third-order valence-electron chi connectivity index (χ3n) is 3.68. The maximum absolute atomic E-state index is 9.91. The van der Waals surface area contributed by atoms with Crippen molar-refractivity contribution in [3.8, 4) is 5.75 Å². The third kappa shape index (κ3) is 3.34. The standard InChI is InChI=1S/C18H18BrNO2/c1-2-18(21)17-10-13-9-15(7-8-16(13)20-17)22-11-12-3-5-14(19)6-4-12/h3-10,18,20-21H,2,11H2,1H3. The van der Waals surface area contributed by atoms with E-state index in [9.17, 15) is 5.11 Å². The van der Waals surface area contributed by atoms with Gasteiger partial charge in [-0.3, -0.25) is 0 Å². The number of hydrogen-bond donors (Lipinski definition) is 2. The first kappa shape index (κ1) is 15.1. The van der Waals surface area contributed by atoms with Crippen molar-refractivity contribution in [2.24, 2.45) is 0 Å². The van der Waals surface area contributed by atoms with Gasteiger partial charge in [-0.25, -0.2) is 0 Å². The molecule has 0 aliphatic carbocycles. The molecule has 1 heterocycles. The van der Waals surface area contributed by atoms with Gasteiger partial charge in [0.05, 0.1) is 6.10 Å². The van der Waals surface area contributed by atoms with Gasteiger partial charge in [-0.05, 0) is 48.4 Å². The highest BCUT2D eigenvalue weighted by atomic mass is 79.9. The average Bonchev–Trinajstić information content (AvgIpc) is 2.96. The maximum Gasteiger partial charge on any atom is 0.120 e. The summed E-state index contributed by atoms with van der Waals surface area (Å²) in [7, 11) is 0. The Morgan fingerprint density at radius 3 is 2.64 bits per heavy atom. The van der Waals surface area contributed by atoms with E-state index in [-0.39, 0.29) is 0 Å². The summed E-state index contributed by atoms with van der Waals surface area (Å²) in [5.74, 6) is 0.826. The fourth-order valence-corrected chi connectivity index (χ4v) is 2.63. The van der Waals surface area contributed by atoms with Crippen molar-refractivity contribution >= 4 is 26.8 Å². The van der Waals surface area contributed by atoms with Crippen molar-refractivity contribution in [3.63, 3.8) is 0 Å². The van der Waals surface area contributed by atoms with Crippen LogP contribution in [0.4, 0.5) is 0 Å². The highest BCUT2D eigenvalue weighted by Gasteiger charge is 2.09. The summed E-state index contributed by atoms with van der Waals surface area (Å²) in [6, 6.07) is 16.0. The zero-order chi connectivity index (χ0) is 15.5. The van der Waals surface area contributed by atoms with E-state index in [4.69, 9.17) is 4.74 Å². The van der Waals surface area contributed by atoms with E-state index in [0.29, 0.717) is 13.0 Å². The third-order valence-corrected chi connectivity index (χ3v) is 4.21. The number of hydrogen-bond acceptors (Lipinski definition) is 2. The molecular formula is C18H18BrNO2. The van der Waals surface area contributed by atoms with Crippen molar-refractivity contribution in [1.82, 2.24) is 4.98 Å². The predicted molar refractivity (Wildman–Crippen MR) is 92.0 cm³/mol. The predicted octanol–water partition coefficient (Wildman–Crippen LogP) is 4.95. The summed E-state index contributed by atoms with van der Waals surface area (Å²) in [6.45, 7) is 2.50. The van der Waals surface area contributed by atoms with Gasteiger partial charge in [0.15, 0.2) is 0 Å². The first-order valence-electron chi connectivity index (χ1n) is 7.33. The molecule has 1 unspecified atom stereocenters. The molecule has 0 fully saturated rings. The normalized spacial score (nSPS) is 12.5. The second-order valence-corrected chi connectivity index (χ2v) is 6.23. The number of nitrogens with one attached hydrogen (secondary N) is 1. The van der Waals surface area contributed by atoms with E-state index >= 15 is 0 Å². The van der Waals surface area contributed by atoms with Crippen LogP contribution in [-0.2, 0) is 6.61 Å². The molecule has 4 heteroatoms. The molecule has 0 amide bonds. The number of ether oxygens (including phenoxy) is 1. The average molecular weight is 360 g/mol. The van der Waals surface area contributed by atoms with Crippen molar-refractivity contribution in [1.29, 1.82) is 0 Å². The summed E-state index contributed by atoms with van der Waals surface area (Å²) >= 11 is 3.42. The molecule has 0 bridgehead atoms. The van der Waals surface area contributed by atoms with Crippen molar-refractivity contribution in [2.45, 2.75) is 26.1 Å². The summed E-state index contributed by atoms with van der Waals surface area (Å²) in [5, 5.41) is 11.0. The number of fused-ring (bicyclic) bond motifs is 1. The van der Waals surface area contributed by atoms with Crippen LogP contribution in [0.15, 0.2) is 53.0 Å². The largest absolute Gasteiger partial charge is 0.489 e. The van der Waals surface area contributed by atoms with Crippen LogP contribution >= 0.6 is 15.9 Å². The number of aliphatic hydroxyl groups is 1. The van der Waals surface area contributed by atoms with Crippen LogP contribution in [0.25, 0.3) is 10.9 Å². The quantitative estimate of drug-likeness (QED) is 0.676. The van der Waals surface area contributed by atoms with Crippen LogP contribution in [0.5, 0.6) is 5.75 Å². The number of aliphatic hydroxyl groups excluding tert-OH is 1. The Morgan fingerprint density at radius 1 is 1.14 bits per heavy atom. The number of aromatic amines is 1. The molecule has 3 aromatic rings.